The van der Waals surface area contributed by atoms with Crippen LogP contribution in [0.1, 0.15) is 31.2 Å². The van der Waals surface area contributed by atoms with Crippen molar-refractivity contribution in [2.45, 2.75) is 25.7 Å². The molecule has 0 spiro atoms. The first-order chi connectivity index (χ1) is 7.77. The molecule has 0 saturated heterocycles. The molecular formula is C12H15N3O. The van der Waals surface area contributed by atoms with Crippen molar-refractivity contribution in [2.75, 3.05) is 0 Å². The normalized spacial score (nSPS) is 16.0. The zero-order valence-electron chi connectivity index (χ0n) is 9.07. The lowest BCUT2D eigenvalue weighted by atomic mass is 10.1. The molecule has 0 unspecified atom stereocenters. The largest absolute Gasteiger partial charge is 0.310 e. The predicted molar refractivity (Wildman–Crippen MR) is 61.2 cm³/mol. The van der Waals surface area contributed by atoms with E-state index in [2.05, 4.69) is 10.3 Å². The number of amides is 1. The molecule has 0 bridgehead atoms. The molecule has 1 amide bonds. The van der Waals surface area contributed by atoms with E-state index in [4.69, 9.17) is 5.41 Å². The van der Waals surface area contributed by atoms with Gasteiger partial charge in [0.25, 0.3) is 0 Å². The number of nitrogens with zero attached hydrogens (tertiary/aromatic N) is 1. The van der Waals surface area contributed by atoms with Gasteiger partial charge in [-0.15, -0.1) is 0 Å². The Bertz CT molecular complexity index is 383. The standard InChI is InChI=1S/C12H15N3O/c13-11(9-5-7-14-8-6-9)15-12(16)10-3-1-2-4-10/h5-8,10H,1-4H2,(H2,13,15,16). The molecule has 0 aliphatic heterocycles. The molecule has 0 aromatic carbocycles. The number of pyridine rings is 1. The topological polar surface area (TPSA) is 65.8 Å². The van der Waals surface area contributed by atoms with Crippen molar-refractivity contribution >= 4 is 11.7 Å². The van der Waals surface area contributed by atoms with E-state index in [1.807, 2.05) is 0 Å². The predicted octanol–water partition coefficient (Wildman–Crippen LogP) is 1.71. The number of rotatable bonds is 2. The molecule has 1 heterocycles. The van der Waals surface area contributed by atoms with E-state index in [1.165, 1.54) is 0 Å². The van der Waals surface area contributed by atoms with Gasteiger partial charge in [-0.2, -0.15) is 0 Å². The van der Waals surface area contributed by atoms with Crippen molar-refractivity contribution in [1.29, 1.82) is 5.41 Å². The second kappa shape index (κ2) is 4.88. The maximum atomic E-state index is 11.8. The lowest BCUT2D eigenvalue weighted by Gasteiger charge is -2.10. The van der Waals surface area contributed by atoms with Gasteiger partial charge in [0.15, 0.2) is 0 Å². The van der Waals surface area contributed by atoms with Gasteiger partial charge >= 0.3 is 0 Å². The Hall–Kier alpha value is -1.71. The summed E-state index contributed by atoms with van der Waals surface area (Å²) in [5.41, 5.74) is 0.696. The van der Waals surface area contributed by atoms with Crippen LogP contribution in [0.3, 0.4) is 0 Å². The Morgan fingerprint density at radius 3 is 2.56 bits per heavy atom. The Balaban J connectivity index is 1.94. The van der Waals surface area contributed by atoms with Crippen LogP contribution in [0.15, 0.2) is 24.5 Å². The van der Waals surface area contributed by atoms with Crippen molar-refractivity contribution in [3.63, 3.8) is 0 Å². The van der Waals surface area contributed by atoms with E-state index in [0.29, 0.717) is 5.56 Å². The van der Waals surface area contributed by atoms with Gasteiger partial charge in [-0.1, -0.05) is 12.8 Å². The Morgan fingerprint density at radius 1 is 1.31 bits per heavy atom. The van der Waals surface area contributed by atoms with E-state index < -0.39 is 0 Å². The third-order valence-corrected chi connectivity index (χ3v) is 2.94. The van der Waals surface area contributed by atoms with E-state index in [0.717, 1.165) is 25.7 Å². The van der Waals surface area contributed by atoms with Crippen LogP contribution in [0, 0.1) is 11.3 Å². The minimum atomic E-state index is -0.0145. The second-order valence-corrected chi connectivity index (χ2v) is 4.08. The van der Waals surface area contributed by atoms with Crippen LogP contribution < -0.4 is 5.32 Å². The molecule has 1 saturated carbocycles. The molecule has 1 aromatic rings. The molecule has 1 aliphatic rings. The van der Waals surface area contributed by atoms with E-state index in [-0.39, 0.29) is 17.7 Å². The zero-order valence-corrected chi connectivity index (χ0v) is 9.07. The maximum absolute atomic E-state index is 11.8. The van der Waals surface area contributed by atoms with Crippen LogP contribution >= 0.6 is 0 Å². The van der Waals surface area contributed by atoms with Crippen molar-refractivity contribution in [1.82, 2.24) is 10.3 Å². The summed E-state index contributed by atoms with van der Waals surface area (Å²) in [4.78, 5) is 15.6. The molecule has 4 heteroatoms. The van der Waals surface area contributed by atoms with Crippen LogP contribution in [-0.4, -0.2) is 16.7 Å². The van der Waals surface area contributed by atoms with Crippen LogP contribution in [0.2, 0.25) is 0 Å². The summed E-state index contributed by atoms with van der Waals surface area (Å²) in [5.74, 6) is 0.251. The van der Waals surface area contributed by atoms with E-state index >= 15 is 0 Å². The number of carbonyl (C=O) groups excluding carboxylic acids is 1. The average Bonchev–Trinajstić information content (AvgIpc) is 2.83. The van der Waals surface area contributed by atoms with Crippen molar-refractivity contribution in [2.24, 2.45) is 5.92 Å². The lowest BCUT2D eigenvalue weighted by Crippen LogP contribution is -2.34. The summed E-state index contributed by atoms with van der Waals surface area (Å²) in [6.45, 7) is 0. The van der Waals surface area contributed by atoms with Gasteiger partial charge in [0.2, 0.25) is 5.91 Å². The quantitative estimate of drug-likeness (QED) is 0.585. The summed E-state index contributed by atoms with van der Waals surface area (Å²) >= 11 is 0. The molecule has 2 N–H and O–H groups in total. The van der Waals surface area contributed by atoms with Gasteiger partial charge in [0.1, 0.15) is 5.84 Å². The molecule has 16 heavy (non-hydrogen) atoms. The Morgan fingerprint density at radius 2 is 1.94 bits per heavy atom. The van der Waals surface area contributed by atoms with Gasteiger partial charge in [-0.25, -0.2) is 0 Å². The first-order valence-electron chi connectivity index (χ1n) is 5.57. The molecule has 1 aromatic heterocycles. The number of hydrogen-bond donors (Lipinski definition) is 2. The number of amidine groups is 1. The first-order valence-corrected chi connectivity index (χ1v) is 5.57. The fourth-order valence-corrected chi connectivity index (χ4v) is 2.00. The second-order valence-electron chi connectivity index (χ2n) is 4.08. The molecule has 2 rings (SSSR count). The summed E-state index contributed by atoms with van der Waals surface area (Å²) < 4.78 is 0. The molecule has 1 fully saturated rings. The lowest BCUT2D eigenvalue weighted by molar-refractivity contribution is -0.123. The number of hydrogen-bond acceptors (Lipinski definition) is 3. The summed E-state index contributed by atoms with van der Waals surface area (Å²) in [7, 11) is 0. The third kappa shape index (κ3) is 2.45. The van der Waals surface area contributed by atoms with Crippen LogP contribution in [0.25, 0.3) is 0 Å². The summed E-state index contributed by atoms with van der Waals surface area (Å²) in [5, 5.41) is 10.4. The van der Waals surface area contributed by atoms with Crippen LogP contribution in [-0.2, 0) is 4.79 Å². The van der Waals surface area contributed by atoms with E-state index in [1.54, 1.807) is 24.5 Å². The van der Waals surface area contributed by atoms with Crippen molar-refractivity contribution in [3.8, 4) is 0 Å². The molecule has 84 valence electrons. The smallest absolute Gasteiger partial charge is 0.228 e. The molecule has 4 nitrogen and oxygen atoms in total. The minimum Gasteiger partial charge on any atom is -0.310 e. The first kappa shape index (κ1) is 10.8. The van der Waals surface area contributed by atoms with Crippen LogP contribution in [0.5, 0.6) is 0 Å². The average molecular weight is 217 g/mol. The highest BCUT2D eigenvalue weighted by atomic mass is 16.1. The fourth-order valence-electron chi connectivity index (χ4n) is 2.00. The number of aromatic nitrogens is 1. The number of nitrogens with one attached hydrogen (secondary N) is 2. The molecule has 1 aliphatic carbocycles. The molecule has 0 atom stereocenters. The molecule has 0 radical (unpaired) electrons. The SMILES string of the molecule is N=C(NC(=O)C1CCCC1)c1ccncc1. The van der Waals surface area contributed by atoms with Crippen molar-refractivity contribution < 1.29 is 4.79 Å². The molecular weight excluding hydrogens is 202 g/mol. The highest BCUT2D eigenvalue weighted by molar-refractivity contribution is 6.06. The Labute approximate surface area is 94.6 Å². The van der Waals surface area contributed by atoms with Crippen LogP contribution in [0.4, 0.5) is 0 Å². The van der Waals surface area contributed by atoms with Gasteiger partial charge in [-0.3, -0.25) is 15.2 Å². The minimum absolute atomic E-state index is 0.0145. The zero-order chi connectivity index (χ0) is 11.4. The Kier molecular flexibility index (Phi) is 3.29. The summed E-state index contributed by atoms with van der Waals surface area (Å²) in [6.07, 6.45) is 7.39. The highest BCUT2D eigenvalue weighted by Crippen LogP contribution is 2.24. The monoisotopic (exact) mass is 217 g/mol. The van der Waals surface area contributed by atoms with Gasteiger partial charge in [0, 0.05) is 23.9 Å². The number of carbonyl (C=O) groups is 1. The summed E-state index contributed by atoms with van der Waals surface area (Å²) in [6, 6.07) is 3.44. The third-order valence-electron chi connectivity index (χ3n) is 2.94. The van der Waals surface area contributed by atoms with Gasteiger partial charge < -0.3 is 5.32 Å². The van der Waals surface area contributed by atoms with Gasteiger partial charge in [0.05, 0.1) is 0 Å². The maximum Gasteiger partial charge on any atom is 0.228 e. The van der Waals surface area contributed by atoms with E-state index in [9.17, 15) is 4.79 Å². The van der Waals surface area contributed by atoms with Gasteiger partial charge in [-0.05, 0) is 25.0 Å². The fraction of sp³-hybridized carbons (Fsp3) is 0.417. The highest BCUT2D eigenvalue weighted by Gasteiger charge is 2.23. The van der Waals surface area contributed by atoms with Crippen molar-refractivity contribution in [3.05, 3.63) is 30.1 Å².